The number of ether oxygens (including phenoxy) is 3. The summed E-state index contributed by atoms with van der Waals surface area (Å²) >= 11 is 1.36. The molecule has 3 aliphatic heterocycles. The number of methoxy groups -OCH3 is 1. The van der Waals surface area contributed by atoms with Gasteiger partial charge in [-0.1, -0.05) is 42.5 Å². The van der Waals surface area contributed by atoms with E-state index in [9.17, 15) is 35.1 Å². The van der Waals surface area contributed by atoms with E-state index >= 15 is 0 Å². The maximum Gasteiger partial charge on any atom is 0.339 e. The van der Waals surface area contributed by atoms with Gasteiger partial charge in [-0.15, -0.1) is 11.3 Å². The van der Waals surface area contributed by atoms with Crippen molar-refractivity contribution in [1.82, 2.24) is 14.8 Å². The summed E-state index contributed by atoms with van der Waals surface area (Å²) in [5.74, 6) is -2.41. The van der Waals surface area contributed by atoms with E-state index in [4.69, 9.17) is 14.2 Å². The first-order valence-corrected chi connectivity index (χ1v) is 16.7. The number of nitrogens with zero attached hydrogens (tertiary/aromatic N) is 3. The zero-order valence-electron chi connectivity index (χ0n) is 26.5. The highest BCUT2D eigenvalue weighted by Crippen LogP contribution is 2.52. The fraction of sp³-hybridized carbons (Fsp3) is 0.382. The van der Waals surface area contributed by atoms with Gasteiger partial charge < -0.3 is 45.1 Å². The number of carbonyl (C=O) groups is 2. The fourth-order valence-electron chi connectivity index (χ4n) is 6.86. The van der Waals surface area contributed by atoms with Gasteiger partial charge in [0.05, 0.1) is 31.5 Å². The van der Waals surface area contributed by atoms with E-state index < -0.39 is 54.6 Å². The maximum absolute atomic E-state index is 13.3. The number of anilines is 1. The number of benzene rings is 3. The molecular formula is C34H36N4O10S. The molecule has 7 rings (SSSR count). The van der Waals surface area contributed by atoms with E-state index in [1.807, 2.05) is 57.6 Å². The third-order valence-corrected chi connectivity index (χ3v) is 10.1. The molecule has 2 unspecified atom stereocenters. The number of fused-ring (bicyclic) bond motifs is 4. The van der Waals surface area contributed by atoms with Crippen LogP contribution >= 0.6 is 11.3 Å². The number of thiazole rings is 1. The van der Waals surface area contributed by atoms with E-state index in [0.29, 0.717) is 31.3 Å². The molecule has 3 aromatic carbocycles. The number of piperazine rings is 1. The zero-order valence-corrected chi connectivity index (χ0v) is 27.3. The number of carbonyl (C=O) groups excluding carboxylic acids is 2. The highest BCUT2D eigenvalue weighted by atomic mass is 32.1. The summed E-state index contributed by atoms with van der Waals surface area (Å²) in [7, 11) is 1.25. The molecule has 0 saturated carbocycles. The molecule has 6 N–H and O–H groups in total. The molecule has 3 aliphatic rings. The summed E-state index contributed by atoms with van der Waals surface area (Å²) in [6, 6.07) is 14.1. The average Bonchev–Trinajstić information content (AvgIpc) is 3.56. The molecule has 15 heteroatoms. The van der Waals surface area contributed by atoms with E-state index in [2.05, 4.69) is 10.3 Å². The Morgan fingerprint density at radius 3 is 2.53 bits per heavy atom. The monoisotopic (exact) mass is 692 g/mol. The summed E-state index contributed by atoms with van der Waals surface area (Å²) in [6.45, 7) is 1.60. The van der Waals surface area contributed by atoms with Crippen LogP contribution in [0.1, 0.15) is 27.6 Å². The number of hydrogen-bond donors (Lipinski definition) is 6. The SMILES string of the molecule is COc1c(O)c(CN2CCN(CC(=O)Nc3nc(-c4cccc5ccccc45)cs3)CC2)c2c(c1O)C1O[C@H](CO)[C@@H](O)[C@H](O)C1OC2=O. The van der Waals surface area contributed by atoms with Crippen LogP contribution in [0.4, 0.5) is 5.13 Å². The van der Waals surface area contributed by atoms with Gasteiger partial charge in [0.25, 0.3) is 0 Å². The number of esters is 1. The van der Waals surface area contributed by atoms with Gasteiger partial charge in [-0.3, -0.25) is 14.6 Å². The Labute approximate surface area is 284 Å². The molecule has 0 aliphatic carbocycles. The van der Waals surface area contributed by atoms with Gasteiger partial charge in [0.1, 0.15) is 24.4 Å². The minimum Gasteiger partial charge on any atom is -0.504 e. The minimum absolute atomic E-state index is 0.0589. The van der Waals surface area contributed by atoms with Crippen LogP contribution < -0.4 is 10.1 Å². The first kappa shape index (κ1) is 33.2. The van der Waals surface area contributed by atoms with Gasteiger partial charge in [0, 0.05) is 54.8 Å². The van der Waals surface area contributed by atoms with Crippen molar-refractivity contribution in [1.29, 1.82) is 0 Å². The first-order valence-electron chi connectivity index (χ1n) is 15.8. The van der Waals surface area contributed by atoms with Crippen molar-refractivity contribution in [2.45, 2.75) is 37.1 Å². The zero-order chi connectivity index (χ0) is 34.4. The number of amides is 1. The smallest absolute Gasteiger partial charge is 0.339 e. The molecule has 2 saturated heterocycles. The predicted octanol–water partition coefficient (Wildman–Crippen LogP) is 1.83. The number of phenolic OH excluding ortho intramolecular Hbond substituents is 2. The highest BCUT2D eigenvalue weighted by Gasteiger charge is 2.53. The summed E-state index contributed by atoms with van der Waals surface area (Å²) in [5, 5.41) is 60.5. The summed E-state index contributed by atoms with van der Waals surface area (Å²) in [6.07, 6.45) is -6.95. The van der Waals surface area contributed by atoms with Crippen molar-refractivity contribution >= 4 is 39.1 Å². The van der Waals surface area contributed by atoms with E-state index in [1.54, 1.807) is 0 Å². The molecule has 14 nitrogen and oxygen atoms in total. The fourth-order valence-corrected chi connectivity index (χ4v) is 7.59. The van der Waals surface area contributed by atoms with Gasteiger partial charge >= 0.3 is 5.97 Å². The second kappa shape index (κ2) is 13.5. The summed E-state index contributed by atoms with van der Waals surface area (Å²) in [4.78, 5) is 34.9. The summed E-state index contributed by atoms with van der Waals surface area (Å²) < 4.78 is 16.6. The van der Waals surface area contributed by atoms with Crippen LogP contribution in [0.15, 0.2) is 47.8 Å². The molecule has 1 aromatic heterocycles. The van der Waals surface area contributed by atoms with Crippen LogP contribution in [-0.2, 0) is 20.8 Å². The Kier molecular flexibility index (Phi) is 9.15. The van der Waals surface area contributed by atoms with Crippen LogP contribution in [0.25, 0.3) is 22.0 Å². The number of phenols is 2. The molecule has 0 radical (unpaired) electrons. The van der Waals surface area contributed by atoms with Crippen LogP contribution in [0, 0.1) is 0 Å². The lowest BCUT2D eigenvalue weighted by Gasteiger charge is -2.45. The van der Waals surface area contributed by atoms with Gasteiger partial charge in [-0.2, -0.15) is 0 Å². The quantitative estimate of drug-likeness (QED) is 0.147. The second-order valence-electron chi connectivity index (χ2n) is 12.3. The van der Waals surface area contributed by atoms with Gasteiger partial charge in [0.15, 0.2) is 22.7 Å². The van der Waals surface area contributed by atoms with Crippen LogP contribution in [0.2, 0.25) is 0 Å². The lowest BCUT2D eigenvalue weighted by atomic mass is 9.84. The maximum atomic E-state index is 13.3. The Morgan fingerprint density at radius 1 is 1.04 bits per heavy atom. The first-order chi connectivity index (χ1) is 23.7. The normalized spacial score (nSPS) is 24.2. The number of aromatic nitrogens is 1. The third-order valence-electron chi connectivity index (χ3n) is 9.38. The average molecular weight is 693 g/mol. The molecule has 0 bridgehead atoms. The molecule has 0 spiro atoms. The third kappa shape index (κ3) is 6.07. The Morgan fingerprint density at radius 2 is 1.78 bits per heavy atom. The number of nitrogens with one attached hydrogen (secondary N) is 1. The molecule has 1 amide bonds. The molecule has 4 heterocycles. The number of hydrogen-bond acceptors (Lipinski definition) is 14. The molecule has 258 valence electrons. The topological polar surface area (TPSA) is 194 Å². The molecule has 2 fully saturated rings. The minimum atomic E-state index is -1.59. The van der Waals surface area contributed by atoms with Crippen molar-refractivity contribution in [2.75, 3.05) is 51.8 Å². The standard InChI is InChI=1S/C34H36N4O10S/c1-46-31-26(41)20(24-25(28(31)43)30-32(48-33(24)45)29(44)27(42)22(15-39)47-30)13-37-9-11-38(12-10-37)14-23(40)36-34-35-21(16-49-34)19-8-4-6-17-5-2-3-7-18(17)19/h2-8,16,22,27,29-30,32,39,41-44H,9-15H2,1H3,(H,35,36,40)/t22-,27-,29+,30?,32?/m1/s1. The number of aliphatic hydroxyl groups excluding tert-OH is 3. The predicted molar refractivity (Wildman–Crippen MR) is 178 cm³/mol. The van der Waals surface area contributed by atoms with Crippen molar-refractivity contribution in [2.24, 2.45) is 0 Å². The Hall–Kier alpha value is -4.35. The largest absolute Gasteiger partial charge is 0.504 e. The van der Waals surface area contributed by atoms with E-state index in [0.717, 1.165) is 22.0 Å². The van der Waals surface area contributed by atoms with Crippen LogP contribution in [-0.4, -0.2) is 123 Å². The van der Waals surface area contributed by atoms with Crippen molar-refractivity contribution in [3.05, 3.63) is 64.5 Å². The van der Waals surface area contributed by atoms with E-state index in [-0.39, 0.29) is 41.4 Å². The van der Waals surface area contributed by atoms with Gasteiger partial charge in [-0.05, 0) is 10.8 Å². The number of aromatic hydroxyl groups is 2. The van der Waals surface area contributed by atoms with Crippen LogP contribution in [0.5, 0.6) is 17.2 Å². The van der Waals surface area contributed by atoms with Crippen molar-refractivity contribution in [3.63, 3.8) is 0 Å². The molecule has 49 heavy (non-hydrogen) atoms. The van der Waals surface area contributed by atoms with Crippen molar-refractivity contribution < 1.29 is 49.3 Å². The summed E-state index contributed by atoms with van der Waals surface area (Å²) in [5.41, 5.74) is 1.73. The molecule has 5 atom stereocenters. The molecular weight excluding hydrogens is 656 g/mol. The van der Waals surface area contributed by atoms with Gasteiger partial charge in [-0.25, -0.2) is 9.78 Å². The lowest BCUT2D eigenvalue weighted by Crippen LogP contribution is -2.58. The van der Waals surface area contributed by atoms with E-state index in [1.165, 1.54) is 18.4 Å². The highest BCUT2D eigenvalue weighted by molar-refractivity contribution is 7.14. The molecule has 4 aromatic rings. The van der Waals surface area contributed by atoms with Crippen molar-refractivity contribution in [3.8, 4) is 28.5 Å². The second-order valence-corrected chi connectivity index (χ2v) is 13.1. The number of rotatable bonds is 8. The van der Waals surface area contributed by atoms with Gasteiger partial charge in [0.2, 0.25) is 11.7 Å². The van der Waals surface area contributed by atoms with Crippen LogP contribution in [0.3, 0.4) is 0 Å². The Bertz CT molecular complexity index is 1890. The number of aliphatic hydroxyl groups is 3. The lowest BCUT2D eigenvalue weighted by molar-refractivity contribution is -0.235. The Balaban J connectivity index is 1.02.